The van der Waals surface area contributed by atoms with Crippen molar-refractivity contribution in [3.63, 3.8) is 0 Å². The summed E-state index contributed by atoms with van der Waals surface area (Å²) in [6.07, 6.45) is 1.64. The number of ketones is 1. The predicted molar refractivity (Wildman–Crippen MR) is 58.0 cm³/mol. The third kappa shape index (κ3) is 1.41. The van der Waals surface area contributed by atoms with Crippen molar-refractivity contribution in [2.45, 2.75) is 19.8 Å². The van der Waals surface area contributed by atoms with Gasteiger partial charge in [0.25, 0.3) is 0 Å². The number of hydrogen-bond donors (Lipinski definition) is 0. The van der Waals surface area contributed by atoms with Gasteiger partial charge in [-0.05, 0) is 25.0 Å². The molecule has 74 valence electrons. The Morgan fingerprint density at radius 2 is 2.14 bits per heavy atom. The lowest BCUT2D eigenvalue weighted by Crippen LogP contribution is -2.17. The van der Waals surface area contributed by atoms with E-state index in [2.05, 4.69) is 11.9 Å². The first-order valence-electron chi connectivity index (χ1n) is 5.04. The number of carbonyl (C=O) groups is 1. The van der Waals surface area contributed by atoms with Crippen molar-refractivity contribution in [3.05, 3.63) is 29.3 Å². The first-order valence-corrected chi connectivity index (χ1v) is 5.04. The summed E-state index contributed by atoms with van der Waals surface area (Å²) < 4.78 is 0. The lowest BCUT2D eigenvalue weighted by atomic mass is 10.0. The van der Waals surface area contributed by atoms with Gasteiger partial charge in [0.15, 0.2) is 5.78 Å². The van der Waals surface area contributed by atoms with Crippen LogP contribution in [-0.4, -0.2) is 19.4 Å². The van der Waals surface area contributed by atoms with Crippen LogP contribution in [0.2, 0.25) is 0 Å². The van der Waals surface area contributed by atoms with Gasteiger partial charge >= 0.3 is 0 Å². The second-order valence-corrected chi connectivity index (χ2v) is 3.92. The van der Waals surface area contributed by atoms with E-state index in [1.165, 1.54) is 0 Å². The average molecular weight is 189 g/mol. The van der Waals surface area contributed by atoms with Crippen LogP contribution in [0, 0.1) is 6.92 Å². The molecular formula is C12H15NO. The fourth-order valence-corrected chi connectivity index (χ4v) is 2.06. The number of benzene rings is 1. The molecule has 1 aliphatic rings. The third-order valence-electron chi connectivity index (χ3n) is 2.84. The highest BCUT2D eigenvalue weighted by molar-refractivity contribution is 6.03. The molecule has 0 unspecified atom stereocenters. The quantitative estimate of drug-likeness (QED) is 0.624. The second-order valence-electron chi connectivity index (χ2n) is 3.92. The normalized spacial score (nSPS) is 16.4. The zero-order valence-corrected chi connectivity index (χ0v) is 8.71. The lowest BCUT2D eigenvalue weighted by molar-refractivity contribution is 0.0983. The number of hydrogen-bond acceptors (Lipinski definition) is 2. The summed E-state index contributed by atoms with van der Waals surface area (Å²) in [6.45, 7) is 2.98. The Morgan fingerprint density at radius 1 is 1.36 bits per heavy atom. The Labute approximate surface area is 84.5 Å². The van der Waals surface area contributed by atoms with E-state index in [9.17, 15) is 4.79 Å². The molecule has 1 aliphatic heterocycles. The number of anilines is 1. The molecule has 0 bridgehead atoms. The fraction of sp³-hybridized carbons (Fsp3) is 0.417. The molecule has 2 nitrogen and oxygen atoms in total. The van der Waals surface area contributed by atoms with E-state index >= 15 is 0 Å². The molecule has 1 heterocycles. The molecule has 0 saturated carbocycles. The maximum Gasteiger partial charge on any atom is 0.165 e. The zero-order valence-electron chi connectivity index (χ0n) is 8.71. The van der Waals surface area contributed by atoms with Gasteiger partial charge in [0.05, 0.1) is 0 Å². The molecule has 0 amide bonds. The van der Waals surface area contributed by atoms with Crippen LogP contribution in [0.15, 0.2) is 18.2 Å². The number of carbonyl (C=O) groups excluding carboxylic acids is 1. The molecule has 0 aromatic heterocycles. The average Bonchev–Trinajstić information content (AvgIpc) is 2.29. The van der Waals surface area contributed by atoms with Crippen LogP contribution in [0.25, 0.3) is 0 Å². The number of nitrogens with zero attached hydrogens (tertiary/aromatic N) is 1. The lowest BCUT2D eigenvalue weighted by Gasteiger charge is -2.19. The molecule has 2 rings (SSSR count). The Bertz CT molecular complexity index is 371. The molecule has 0 atom stereocenters. The van der Waals surface area contributed by atoms with E-state index in [0.717, 1.165) is 29.8 Å². The van der Waals surface area contributed by atoms with Crippen LogP contribution in [0.1, 0.15) is 28.8 Å². The van der Waals surface area contributed by atoms with E-state index in [1.807, 2.05) is 25.1 Å². The van der Waals surface area contributed by atoms with Crippen molar-refractivity contribution in [3.8, 4) is 0 Å². The van der Waals surface area contributed by atoms with Crippen molar-refractivity contribution in [2.75, 3.05) is 18.5 Å². The van der Waals surface area contributed by atoms with Crippen LogP contribution in [0.5, 0.6) is 0 Å². The van der Waals surface area contributed by atoms with Crippen molar-refractivity contribution >= 4 is 11.5 Å². The van der Waals surface area contributed by atoms with Gasteiger partial charge in [-0.3, -0.25) is 4.79 Å². The molecule has 0 N–H and O–H groups in total. The molecule has 2 heteroatoms. The van der Waals surface area contributed by atoms with Gasteiger partial charge in [-0.15, -0.1) is 0 Å². The standard InChI is InChI=1S/C12H15NO/c1-9-5-3-6-10-12(9)11(14)7-4-8-13(10)2/h3,5-6H,4,7-8H2,1-2H3. The van der Waals surface area contributed by atoms with Gasteiger partial charge in [0.1, 0.15) is 0 Å². The van der Waals surface area contributed by atoms with Crippen molar-refractivity contribution in [1.82, 2.24) is 0 Å². The van der Waals surface area contributed by atoms with Crippen molar-refractivity contribution in [2.24, 2.45) is 0 Å². The Hall–Kier alpha value is -1.31. The number of Topliss-reactive ketones (excluding diaryl/α,β-unsaturated/α-hetero) is 1. The highest BCUT2D eigenvalue weighted by Gasteiger charge is 2.19. The van der Waals surface area contributed by atoms with E-state index in [0.29, 0.717) is 12.2 Å². The van der Waals surface area contributed by atoms with Gasteiger partial charge in [-0.2, -0.15) is 0 Å². The largest absolute Gasteiger partial charge is 0.374 e. The highest BCUT2D eigenvalue weighted by Crippen LogP contribution is 2.27. The molecule has 0 saturated heterocycles. The highest BCUT2D eigenvalue weighted by atomic mass is 16.1. The Morgan fingerprint density at radius 3 is 2.93 bits per heavy atom. The molecule has 0 fully saturated rings. The molecule has 14 heavy (non-hydrogen) atoms. The predicted octanol–water partition coefficient (Wildman–Crippen LogP) is 2.41. The van der Waals surface area contributed by atoms with E-state index in [-0.39, 0.29) is 0 Å². The third-order valence-corrected chi connectivity index (χ3v) is 2.84. The number of aryl methyl sites for hydroxylation is 1. The van der Waals surface area contributed by atoms with E-state index in [1.54, 1.807) is 0 Å². The summed E-state index contributed by atoms with van der Waals surface area (Å²) in [7, 11) is 2.05. The maximum atomic E-state index is 11.8. The zero-order chi connectivity index (χ0) is 10.1. The fourth-order valence-electron chi connectivity index (χ4n) is 2.06. The molecule has 0 aliphatic carbocycles. The van der Waals surface area contributed by atoms with Crippen LogP contribution in [0.4, 0.5) is 5.69 Å². The van der Waals surface area contributed by atoms with Gasteiger partial charge < -0.3 is 4.90 Å². The summed E-state index contributed by atoms with van der Waals surface area (Å²) >= 11 is 0. The van der Waals surface area contributed by atoms with Gasteiger partial charge in [0, 0.05) is 31.3 Å². The Balaban J connectivity index is 2.59. The summed E-state index contributed by atoms with van der Waals surface area (Å²) in [5, 5.41) is 0. The molecular weight excluding hydrogens is 174 g/mol. The van der Waals surface area contributed by atoms with Crippen LogP contribution in [0.3, 0.4) is 0 Å². The van der Waals surface area contributed by atoms with E-state index in [4.69, 9.17) is 0 Å². The van der Waals surface area contributed by atoms with Crippen molar-refractivity contribution < 1.29 is 4.79 Å². The minimum absolute atomic E-state index is 0.294. The topological polar surface area (TPSA) is 20.3 Å². The Kier molecular flexibility index (Phi) is 2.28. The van der Waals surface area contributed by atoms with Gasteiger partial charge in [-0.1, -0.05) is 12.1 Å². The molecule has 0 spiro atoms. The second kappa shape index (κ2) is 3.45. The summed E-state index contributed by atoms with van der Waals surface area (Å²) in [5.41, 5.74) is 3.11. The minimum Gasteiger partial charge on any atom is -0.374 e. The first-order chi connectivity index (χ1) is 6.70. The minimum atomic E-state index is 0.294. The van der Waals surface area contributed by atoms with E-state index < -0.39 is 0 Å². The monoisotopic (exact) mass is 189 g/mol. The first kappa shape index (κ1) is 9.25. The molecule has 1 aromatic rings. The van der Waals surface area contributed by atoms with Crippen molar-refractivity contribution in [1.29, 1.82) is 0 Å². The molecule has 1 aromatic carbocycles. The number of rotatable bonds is 0. The smallest absolute Gasteiger partial charge is 0.165 e. The summed E-state index contributed by atoms with van der Waals surface area (Å²) in [5.74, 6) is 0.294. The van der Waals surface area contributed by atoms with Crippen LogP contribution >= 0.6 is 0 Å². The molecule has 0 radical (unpaired) electrons. The van der Waals surface area contributed by atoms with Gasteiger partial charge in [0.2, 0.25) is 0 Å². The SMILES string of the molecule is Cc1cccc2c1C(=O)CCCN2C. The maximum absolute atomic E-state index is 11.8. The summed E-state index contributed by atoms with van der Waals surface area (Å²) in [4.78, 5) is 14.0. The van der Waals surface area contributed by atoms with Gasteiger partial charge in [-0.25, -0.2) is 0 Å². The summed E-state index contributed by atoms with van der Waals surface area (Å²) in [6, 6.07) is 6.06. The number of fused-ring (bicyclic) bond motifs is 1. The van der Waals surface area contributed by atoms with Crippen LogP contribution < -0.4 is 4.90 Å². The van der Waals surface area contributed by atoms with Crippen LogP contribution in [-0.2, 0) is 0 Å².